The van der Waals surface area contributed by atoms with Crippen molar-refractivity contribution in [2.75, 3.05) is 23.7 Å². The van der Waals surface area contributed by atoms with Crippen molar-refractivity contribution in [1.29, 1.82) is 0 Å². The van der Waals surface area contributed by atoms with Gasteiger partial charge in [0.1, 0.15) is 12.4 Å². The monoisotopic (exact) mass is 484 g/mol. The van der Waals surface area contributed by atoms with Gasteiger partial charge in [0.05, 0.1) is 5.75 Å². The van der Waals surface area contributed by atoms with Crippen LogP contribution in [0.15, 0.2) is 47.6 Å². The molecule has 12 heteroatoms. The molecule has 3 aromatic rings. The lowest BCUT2D eigenvalue weighted by atomic mass is 10.0. The lowest BCUT2D eigenvalue weighted by Gasteiger charge is -2.09. The highest BCUT2D eigenvalue weighted by Gasteiger charge is 2.16. The van der Waals surface area contributed by atoms with Crippen molar-refractivity contribution in [3.05, 3.63) is 53.9 Å². The van der Waals surface area contributed by atoms with E-state index >= 15 is 0 Å². The number of nitrogen functional groups attached to an aromatic ring is 1. The molecule has 0 bridgehead atoms. The summed E-state index contributed by atoms with van der Waals surface area (Å²) in [6, 6.07) is 12.1. The molecule has 2 heterocycles. The SMILES string of the molecule is CC(C)c1ccc(OCc2nnc(SCC(=O)NC(=O)Nc3ccc4c(c3)OCO4)n2N)cc1. The van der Waals surface area contributed by atoms with E-state index in [1.165, 1.54) is 10.2 Å². The number of hydrogen-bond acceptors (Lipinski definition) is 9. The Hall–Kier alpha value is -3.93. The molecule has 0 aliphatic carbocycles. The fourth-order valence-electron chi connectivity index (χ4n) is 3.03. The van der Waals surface area contributed by atoms with Gasteiger partial charge in [0, 0.05) is 11.8 Å². The van der Waals surface area contributed by atoms with Gasteiger partial charge in [-0.2, -0.15) is 0 Å². The van der Waals surface area contributed by atoms with Gasteiger partial charge in [0.25, 0.3) is 0 Å². The van der Waals surface area contributed by atoms with E-state index in [0.717, 1.165) is 11.8 Å². The van der Waals surface area contributed by atoms with Gasteiger partial charge in [0.2, 0.25) is 17.9 Å². The maximum atomic E-state index is 12.1. The third-order valence-corrected chi connectivity index (χ3v) is 5.81. The van der Waals surface area contributed by atoms with E-state index in [9.17, 15) is 9.59 Å². The highest BCUT2D eigenvalue weighted by molar-refractivity contribution is 7.99. The summed E-state index contributed by atoms with van der Waals surface area (Å²) in [7, 11) is 0. The van der Waals surface area contributed by atoms with Gasteiger partial charge in [-0.15, -0.1) is 10.2 Å². The van der Waals surface area contributed by atoms with Gasteiger partial charge in [-0.25, -0.2) is 9.47 Å². The molecule has 178 valence electrons. The molecule has 1 aliphatic rings. The minimum absolute atomic E-state index is 0.0819. The number of thioether (sulfide) groups is 1. The average molecular weight is 485 g/mol. The zero-order valence-corrected chi connectivity index (χ0v) is 19.4. The molecular formula is C22H24N6O5S. The molecule has 0 radical (unpaired) electrons. The lowest BCUT2D eigenvalue weighted by molar-refractivity contribution is -0.117. The number of benzene rings is 2. The van der Waals surface area contributed by atoms with Crippen LogP contribution < -0.4 is 30.7 Å². The minimum atomic E-state index is -0.670. The molecule has 2 aromatic carbocycles. The van der Waals surface area contributed by atoms with E-state index in [1.807, 2.05) is 24.3 Å². The molecule has 3 amide bonds. The van der Waals surface area contributed by atoms with Crippen LogP contribution in [0.25, 0.3) is 0 Å². The Balaban J connectivity index is 1.23. The minimum Gasteiger partial charge on any atom is -0.486 e. The Bertz CT molecular complexity index is 1180. The molecule has 34 heavy (non-hydrogen) atoms. The Morgan fingerprint density at radius 2 is 1.91 bits per heavy atom. The second-order valence-electron chi connectivity index (χ2n) is 7.64. The van der Waals surface area contributed by atoms with Crippen LogP contribution in [0.3, 0.4) is 0 Å². The van der Waals surface area contributed by atoms with E-state index in [2.05, 4.69) is 34.7 Å². The number of amides is 3. The lowest BCUT2D eigenvalue weighted by Crippen LogP contribution is -2.35. The third kappa shape index (κ3) is 5.70. The summed E-state index contributed by atoms with van der Waals surface area (Å²) < 4.78 is 17.5. The summed E-state index contributed by atoms with van der Waals surface area (Å²) in [6.07, 6.45) is 0. The van der Waals surface area contributed by atoms with E-state index < -0.39 is 11.9 Å². The van der Waals surface area contributed by atoms with Crippen LogP contribution >= 0.6 is 11.8 Å². The van der Waals surface area contributed by atoms with Crippen LogP contribution in [0.1, 0.15) is 31.2 Å². The fourth-order valence-corrected chi connectivity index (χ4v) is 3.71. The van der Waals surface area contributed by atoms with Crippen molar-refractivity contribution in [3.8, 4) is 17.2 Å². The van der Waals surface area contributed by atoms with Crippen LogP contribution in [0.2, 0.25) is 0 Å². The number of fused-ring (bicyclic) bond motifs is 1. The average Bonchev–Trinajstić information content (AvgIpc) is 3.42. The molecular weight excluding hydrogens is 460 g/mol. The number of ether oxygens (including phenoxy) is 3. The van der Waals surface area contributed by atoms with Crippen molar-refractivity contribution >= 4 is 29.4 Å². The number of nitrogens with zero attached hydrogens (tertiary/aromatic N) is 3. The highest BCUT2D eigenvalue weighted by Crippen LogP contribution is 2.34. The van der Waals surface area contributed by atoms with Crippen LogP contribution in [-0.4, -0.2) is 39.4 Å². The fraction of sp³-hybridized carbons (Fsp3) is 0.273. The first-order valence-electron chi connectivity index (χ1n) is 10.4. The van der Waals surface area contributed by atoms with E-state index in [0.29, 0.717) is 39.8 Å². The molecule has 1 aliphatic heterocycles. The van der Waals surface area contributed by atoms with Gasteiger partial charge in [-0.05, 0) is 35.7 Å². The maximum Gasteiger partial charge on any atom is 0.325 e. The summed E-state index contributed by atoms with van der Waals surface area (Å²) in [5.41, 5.74) is 1.68. The molecule has 0 atom stereocenters. The molecule has 0 saturated heterocycles. The normalized spacial score (nSPS) is 12.0. The number of rotatable bonds is 8. The quantitative estimate of drug-likeness (QED) is 0.325. The van der Waals surface area contributed by atoms with E-state index in [4.69, 9.17) is 20.1 Å². The number of nitrogens with two attached hydrogens (primary N) is 1. The van der Waals surface area contributed by atoms with Gasteiger partial charge >= 0.3 is 6.03 Å². The number of carbonyl (C=O) groups is 2. The molecule has 4 rings (SSSR count). The van der Waals surface area contributed by atoms with Crippen LogP contribution in [0, 0.1) is 0 Å². The zero-order valence-electron chi connectivity index (χ0n) is 18.6. The Kier molecular flexibility index (Phi) is 7.07. The Labute approximate surface area is 199 Å². The van der Waals surface area contributed by atoms with Gasteiger partial charge in [-0.3, -0.25) is 10.1 Å². The predicted octanol–water partition coefficient (Wildman–Crippen LogP) is 2.86. The maximum absolute atomic E-state index is 12.1. The zero-order chi connectivity index (χ0) is 24.1. The van der Waals surface area contributed by atoms with E-state index in [1.54, 1.807) is 18.2 Å². The summed E-state index contributed by atoms with van der Waals surface area (Å²) in [5, 5.41) is 13.1. The second-order valence-corrected chi connectivity index (χ2v) is 8.58. The number of anilines is 1. The molecule has 4 N–H and O–H groups in total. The molecule has 11 nitrogen and oxygen atoms in total. The van der Waals surface area contributed by atoms with Crippen LogP contribution in [0.5, 0.6) is 17.2 Å². The first kappa shape index (κ1) is 23.2. The molecule has 0 fully saturated rings. The van der Waals surface area contributed by atoms with Gasteiger partial charge < -0.3 is 25.4 Å². The number of nitrogens with one attached hydrogen (secondary N) is 2. The van der Waals surface area contributed by atoms with Crippen molar-refractivity contribution in [2.24, 2.45) is 0 Å². The third-order valence-electron chi connectivity index (χ3n) is 4.87. The first-order valence-corrected chi connectivity index (χ1v) is 11.4. The van der Waals surface area contributed by atoms with Crippen molar-refractivity contribution in [1.82, 2.24) is 20.2 Å². The molecule has 0 saturated carbocycles. The number of imide groups is 1. The van der Waals surface area contributed by atoms with E-state index in [-0.39, 0.29) is 19.2 Å². The van der Waals surface area contributed by atoms with Crippen LogP contribution in [0.4, 0.5) is 10.5 Å². The Morgan fingerprint density at radius 3 is 2.68 bits per heavy atom. The standard InChI is InChI=1S/C22H24N6O5S/c1-13(2)14-3-6-16(7-4-14)31-10-19-26-27-22(28(19)23)34-11-20(29)25-21(30)24-15-5-8-17-18(9-15)33-12-32-17/h3-9,13H,10-12,23H2,1-2H3,(H2,24,25,29,30). The number of hydrogen-bond donors (Lipinski definition) is 3. The number of urea groups is 1. The topological polar surface area (TPSA) is 143 Å². The molecule has 0 unspecified atom stereocenters. The van der Waals surface area contributed by atoms with Gasteiger partial charge in [0.15, 0.2) is 17.3 Å². The first-order chi connectivity index (χ1) is 16.4. The molecule has 0 spiro atoms. The van der Waals surface area contributed by atoms with Crippen molar-refractivity contribution < 1.29 is 23.8 Å². The summed E-state index contributed by atoms with van der Waals surface area (Å²) >= 11 is 1.05. The smallest absolute Gasteiger partial charge is 0.325 e. The summed E-state index contributed by atoms with van der Waals surface area (Å²) in [4.78, 5) is 24.2. The second kappa shape index (κ2) is 10.3. The van der Waals surface area contributed by atoms with Crippen molar-refractivity contribution in [3.63, 3.8) is 0 Å². The Morgan fingerprint density at radius 1 is 1.15 bits per heavy atom. The summed E-state index contributed by atoms with van der Waals surface area (Å²) in [6.45, 7) is 4.50. The van der Waals surface area contributed by atoms with Crippen LogP contribution in [-0.2, 0) is 11.4 Å². The number of aromatic nitrogens is 3. The largest absolute Gasteiger partial charge is 0.486 e. The predicted molar refractivity (Wildman–Crippen MR) is 125 cm³/mol. The summed E-state index contributed by atoms with van der Waals surface area (Å²) in [5.74, 6) is 8.07. The van der Waals surface area contributed by atoms with Gasteiger partial charge in [-0.1, -0.05) is 37.7 Å². The molecule has 1 aromatic heterocycles. The number of carbonyl (C=O) groups excluding carboxylic acids is 2. The highest BCUT2D eigenvalue weighted by atomic mass is 32.2. The van der Waals surface area contributed by atoms with Crippen molar-refractivity contribution in [2.45, 2.75) is 31.5 Å².